The monoisotopic (exact) mass is 439 g/mol. The number of ether oxygens (including phenoxy) is 2. The number of carbonyl (C=O) groups excluding carboxylic acids is 1. The Labute approximate surface area is 185 Å². The van der Waals surface area contributed by atoms with Crippen molar-refractivity contribution in [1.82, 2.24) is 15.1 Å². The number of nitrogens with zero attached hydrogens (tertiary/aromatic N) is 3. The van der Waals surface area contributed by atoms with Gasteiger partial charge in [0.25, 0.3) is 5.22 Å². The Balaban J connectivity index is 1.40. The summed E-state index contributed by atoms with van der Waals surface area (Å²) in [6, 6.07) is 15.6. The van der Waals surface area contributed by atoms with E-state index in [1.807, 2.05) is 53.4 Å². The largest absolute Gasteiger partial charge is 0.497 e. The summed E-state index contributed by atoms with van der Waals surface area (Å²) in [6.07, 6.45) is 2.41. The second kappa shape index (κ2) is 9.87. The van der Waals surface area contributed by atoms with Gasteiger partial charge in [0.2, 0.25) is 11.8 Å². The molecule has 3 aromatic rings. The highest BCUT2D eigenvalue weighted by molar-refractivity contribution is 7.99. The summed E-state index contributed by atoms with van der Waals surface area (Å²) in [5.74, 6) is 2.35. The number of carbonyl (C=O) groups is 1. The van der Waals surface area contributed by atoms with Crippen LogP contribution >= 0.6 is 11.8 Å². The topological polar surface area (TPSA) is 77.7 Å². The van der Waals surface area contributed by atoms with E-state index in [1.165, 1.54) is 11.8 Å². The van der Waals surface area contributed by atoms with Crippen LogP contribution in [-0.2, 0) is 11.2 Å². The van der Waals surface area contributed by atoms with E-state index in [1.54, 1.807) is 14.2 Å². The summed E-state index contributed by atoms with van der Waals surface area (Å²) in [7, 11) is 3.28. The van der Waals surface area contributed by atoms with Crippen molar-refractivity contribution in [3.05, 3.63) is 65.5 Å². The summed E-state index contributed by atoms with van der Waals surface area (Å²) >= 11 is 1.27. The van der Waals surface area contributed by atoms with E-state index in [0.29, 0.717) is 24.1 Å². The molecule has 31 heavy (non-hydrogen) atoms. The molecule has 0 spiro atoms. The van der Waals surface area contributed by atoms with Crippen LogP contribution in [-0.4, -0.2) is 47.5 Å². The molecule has 0 bridgehead atoms. The molecule has 4 rings (SSSR count). The van der Waals surface area contributed by atoms with Gasteiger partial charge in [-0.3, -0.25) is 4.79 Å². The maximum absolute atomic E-state index is 13.0. The third-order valence-electron chi connectivity index (χ3n) is 5.33. The normalized spacial score (nSPS) is 15.8. The average molecular weight is 440 g/mol. The lowest BCUT2D eigenvalue weighted by atomic mass is 10.0. The molecule has 0 N–H and O–H groups in total. The number of rotatable bonds is 8. The summed E-state index contributed by atoms with van der Waals surface area (Å²) in [5.41, 5.74) is 2.08. The van der Waals surface area contributed by atoms with Crippen molar-refractivity contribution in [3.63, 3.8) is 0 Å². The first-order chi connectivity index (χ1) is 15.2. The molecule has 1 aliphatic rings. The van der Waals surface area contributed by atoms with Gasteiger partial charge in [0.05, 0.1) is 32.4 Å². The van der Waals surface area contributed by atoms with Gasteiger partial charge in [-0.05, 0) is 36.6 Å². The van der Waals surface area contributed by atoms with Crippen molar-refractivity contribution >= 4 is 17.7 Å². The summed E-state index contributed by atoms with van der Waals surface area (Å²) in [5, 5.41) is 8.59. The van der Waals surface area contributed by atoms with E-state index in [4.69, 9.17) is 13.9 Å². The van der Waals surface area contributed by atoms with Crippen molar-refractivity contribution in [3.8, 4) is 11.5 Å². The zero-order valence-corrected chi connectivity index (χ0v) is 18.4. The van der Waals surface area contributed by atoms with Gasteiger partial charge in [-0.15, -0.1) is 10.2 Å². The van der Waals surface area contributed by atoms with Crippen LogP contribution in [0, 0.1) is 0 Å². The maximum atomic E-state index is 13.0. The predicted octanol–water partition coefficient (Wildman–Crippen LogP) is 4.13. The molecule has 162 valence electrons. The Bertz CT molecular complexity index is 1020. The Kier molecular flexibility index (Phi) is 6.76. The number of methoxy groups -OCH3 is 2. The van der Waals surface area contributed by atoms with Gasteiger partial charge < -0.3 is 18.8 Å². The van der Waals surface area contributed by atoms with Crippen molar-refractivity contribution in [2.75, 3.05) is 26.5 Å². The molecule has 1 fully saturated rings. The number of thioether (sulfide) groups is 1. The van der Waals surface area contributed by atoms with E-state index in [-0.39, 0.29) is 17.7 Å². The molecule has 1 aliphatic heterocycles. The zero-order chi connectivity index (χ0) is 21.6. The van der Waals surface area contributed by atoms with Gasteiger partial charge in [0, 0.05) is 12.1 Å². The van der Waals surface area contributed by atoms with Crippen molar-refractivity contribution in [1.29, 1.82) is 0 Å². The van der Waals surface area contributed by atoms with E-state index in [2.05, 4.69) is 10.2 Å². The standard InChI is InChI=1S/C23H25N3O4S/c1-28-17-10-11-20(29-2)18(14-17)19-9-6-12-26(19)22(27)15-31-23-25-24-21(30-23)13-16-7-4-3-5-8-16/h3-5,7-8,10-11,14,19H,6,9,12-13,15H2,1-2H3. The fourth-order valence-electron chi connectivity index (χ4n) is 3.83. The van der Waals surface area contributed by atoms with Gasteiger partial charge in [-0.1, -0.05) is 42.1 Å². The van der Waals surface area contributed by atoms with Crippen LogP contribution in [0.4, 0.5) is 0 Å². The smallest absolute Gasteiger partial charge is 0.277 e. The fourth-order valence-corrected chi connectivity index (χ4v) is 4.50. The van der Waals surface area contributed by atoms with Crippen LogP contribution in [0.5, 0.6) is 11.5 Å². The molecule has 1 unspecified atom stereocenters. The highest BCUT2D eigenvalue weighted by atomic mass is 32.2. The van der Waals surface area contributed by atoms with E-state index in [9.17, 15) is 4.79 Å². The molecule has 1 aromatic heterocycles. The van der Waals surface area contributed by atoms with Crippen molar-refractivity contribution < 1.29 is 18.7 Å². The Morgan fingerprint density at radius 1 is 1.16 bits per heavy atom. The minimum Gasteiger partial charge on any atom is -0.497 e. The van der Waals surface area contributed by atoms with Crippen LogP contribution in [0.25, 0.3) is 0 Å². The summed E-state index contributed by atoms with van der Waals surface area (Å²) < 4.78 is 16.6. The predicted molar refractivity (Wildman–Crippen MR) is 118 cm³/mol. The lowest BCUT2D eigenvalue weighted by molar-refractivity contribution is -0.129. The number of aromatic nitrogens is 2. The van der Waals surface area contributed by atoms with Gasteiger partial charge in [-0.25, -0.2) is 0 Å². The summed E-state index contributed by atoms with van der Waals surface area (Å²) in [6.45, 7) is 0.716. The molecule has 1 atom stereocenters. The first-order valence-electron chi connectivity index (χ1n) is 10.2. The second-order valence-corrected chi connectivity index (χ2v) is 8.19. The van der Waals surface area contributed by atoms with Crippen LogP contribution < -0.4 is 9.47 Å². The fraction of sp³-hybridized carbons (Fsp3) is 0.348. The van der Waals surface area contributed by atoms with E-state index < -0.39 is 0 Å². The molecule has 2 heterocycles. The van der Waals surface area contributed by atoms with Gasteiger partial charge in [0.1, 0.15) is 11.5 Å². The van der Waals surface area contributed by atoms with Crippen LogP contribution in [0.15, 0.2) is 58.2 Å². The molecule has 2 aromatic carbocycles. The Hall–Kier alpha value is -3.00. The first-order valence-corrected chi connectivity index (χ1v) is 11.2. The number of likely N-dealkylation sites (tertiary alicyclic amines) is 1. The third-order valence-corrected chi connectivity index (χ3v) is 6.14. The Morgan fingerprint density at radius 2 is 2.00 bits per heavy atom. The molecular weight excluding hydrogens is 414 g/mol. The highest BCUT2D eigenvalue weighted by Gasteiger charge is 2.32. The number of benzene rings is 2. The number of hydrogen-bond acceptors (Lipinski definition) is 7. The molecule has 1 amide bonds. The molecule has 0 radical (unpaired) electrons. The molecule has 1 saturated heterocycles. The van der Waals surface area contributed by atoms with Crippen LogP contribution in [0.2, 0.25) is 0 Å². The van der Waals surface area contributed by atoms with E-state index in [0.717, 1.165) is 35.5 Å². The van der Waals surface area contributed by atoms with Crippen molar-refractivity contribution in [2.45, 2.75) is 30.5 Å². The Morgan fingerprint density at radius 3 is 2.77 bits per heavy atom. The minimum atomic E-state index is -0.0329. The SMILES string of the molecule is COc1ccc(OC)c(C2CCCN2C(=O)CSc2nnc(Cc3ccccc3)o2)c1. The van der Waals surface area contributed by atoms with Gasteiger partial charge >= 0.3 is 0 Å². The average Bonchev–Trinajstić information content (AvgIpc) is 3.47. The van der Waals surface area contributed by atoms with Gasteiger partial charge in [0.15, 0.2) is 0 Å². The number of amides is 1. The molecular formula is C23H25N3O4S. The van der Waals surface area contributed by atoms with Crippen LogP contribution in [0.3, 0.4) is 0 Å². The lowest BCUT2D eigenvalue weighted by Crippen LogP contribution is -2.32. The maximum Gasteiger partial charge on any atom is 0.277 e. The molecule has 7 nitrogen and oxygen atoms in total. The van der Waals surface area contributed by atoms with E-state index >= 15 is 0 Å². The lowest BCUT2D eigenvalue weighted by Gasteiger charge is -2.26. The molecule has 8 heteroatoms. The quantitative estimate of drug-likeness (QED) is 0.488. The van der Waals surface area contributed by atoms with Crippen molar-refractivity contribution in [2.24, 2.45) is 0 Å². The second-order valence-electron chi connectivity index (χ2n) is 7.27. The first kappa shape index (κ1) is 21.2. The molecule has 0 saturated carbocycles. The van der Waals surface area contributed by atoms with Gasteiger partial charge in [-0.2, -0.15) is 0 Å². The highest BCUT2D eigenvalue weighted by Crippen LogP contribution is 2.39. The summed E-state index contributed by atoms with van der Waals surface area (Å²) in [4.78, 5) is 14.9. The zero-order valence-electron chi connectivity index (χ0n) is 17.6. The minimum absolute atomic E-state index is 0.0329. The number of hydrogen-bond donors (Lipinski definition) is 0. The van der Waals surface area contributed by atoms with Crippen LogP contribution in [0.1, 0.15) is 35.9 Å². The third kappa shape index (κ3) is 5.02. The molecule has 0 aliphatic carbocycles.